The normalized spacial score (nSPS) is 13.8. The molecule has 1 atom stereocenters. The topological polar surface area (TPSA) is 92.9 Å². The number of rotatable bonds is 5. The zero-order valence-electron chi connectivity index (χ0n) is 11.4. The van der Waals surface area contributed by atoms with Crippen LogP contribution in [0.3, 0.4) is 0 Å². The number of hydrogen-bond donors (Lipinski definition) is 2. The van der Waals surface area contributed by atoms with Crippen LogP contribution >= 0.6 is 0 Å². The summed E-state index contributed by atoms with van der Waals surface area (Å²) >= 11 is 0. The van der Waals surface area contributed by atoms with Crippen LogP contribution in [-0.2, 0) is 0 Å². The highest BCUT2D eigenvalue weighted by molar-refractivity contribution is 5.93. The number of pyridine rings is 1. The maximum absolute atomic E-state index is 11.9. The van der Waals surface area contributed by atoms with Crippen LogP contribution in [0.4, 0.5) is 0 Å². The third-order valence-electron chi connectivity index (χ3n) is 3.05. The van der Waals surface area contributed by atoms with Gasteiger partial charge in [-0.05, 0) is 25.5 Å². The van der Waals surface area contributed by atoms with Gasteiger partial charge in [0, 0.05) is 12.7 Å². The molecule has 2 aromatic rings. The molecule has 0 radical (unpaired) electrons. The van der Waals surface area contributed by atoms with E-state index in [1.807, 2.05) is 6.92 Å². The number of amides is 1. The standard InChI is InChI=1S/C13H17N5O2/c1-3-13(2,20)7-16-12(19)10-4-5-11(15-6-10)18-9-14-8-17-18/h4-6,8-9,20H,3,7H2,1-2H3,(H,16,19). The number of nitrogens with one attached hydrogen (secondary N) is 1. The smallest absolute Gasteiger partial charge is 0.252 e. The second kappa shape index (κ2) is 5.79. The summed E-state index contributed by atoms with van der Waals surface area (Å²) in [7, 11) is 0. The Kier molecular flexibility index (Phi) is 4.09. The minimum absolute atomic E-state index is 0.202. The molecule has 2 N–H and O–H groups in total. The molecule has 0 saturated heterocycles. The van der Waals surface area contributed by atoms with E-state index in [2.05, 4.69) is 20.4 Å². The first kappa shape index (κ1) is 14.1. The van der Waals surface area contributed by atoms with Crippen LogP contribution in [0.25, 0.3) is 5.82 Å². The second-order valence-electron chi connectivity index (χ2n) is 4.78. The summed E-state index contributed by atoms with van der Waals surface area (Å²) in [5, 5.41) is 16.5. The molecule has 2 heterocycles. The Bertz CT molecular complexity index is 563. The van der Waals surface area contributed by atoms with E-state index in [1.54, 1.807) is 19.1 Å². The van der Waals surface area contributed by atoms with Crippen molar-refractivity contribution in [1.82, 2.24) is 25.1 Å². The summed E-state index contributed by atoms with van der Waals surface area (Å²) in [4.78, 5) is 19.9. The molecule has 0 saturated carbocycles. The monoisotopic (exact) mass is 275 g/mol. The Labute approximate surface area is 116 Å². The van der Waals surface area contributed by atoms with Gasteiger partial charge in [-0.1, -0.05) is 6.92 Å². The van der Waals surface area contributed by atoms with Gasteiger partial charge in [-0.3, -0.25) is 4.79 Å². The summed E-state index contributed by atoms with van der Waals surface area (Å²) in [5.41, 5.74) is -0.468. The second-order valence-corrected chi connectivity index (χ2v) is 4.78. The molecule has 106 valence electrons. The highest BCUT2D eigenvalue weighted by Crippen LogP contribution is 2.08. The van der Waals surface area contributed by atoms with Crippen LogP contribution < -0.4 is 5.32 Å². The predicted molar refractivity (Wildman–Crippen MR) is 72.4 cm³/mol. The lowest BCUT2D eigenvalue weighted by Gasteiger charge is -2.21. The van der Waals surface area contributed by atoms with Gasteiger partial charge in [0.1, 0.15) is 12.7 Å². The van der Waals surface area contributed by atoms with Crippen molar-refractivity contribution >= 4 is 5.91 Å². The van der Waals surface area contributed by atoms with Crippen molar-refractivity contribution in [1.29, 1.82) is 0 Å². The van der Waals surface area contributed by atoms with E-state index in [9.17, 15) is 9.90 Å². The Morgan fingerprint density at radius 2 is 2.30 bits per heavy atom. The van der Waals surface area contributed by atoms with E-state index in [1.165, 1.54) is 23.5 Å². The van der Waals surface area contributed by atoms with Gasteiger partial charge in [0.15, 0.2) is 5.82 Å². The first-order chi connectivity index (χ1) is 9.52. The van der Waals surface area contributed by atoms with E-state index in [4.69, 9.17) is 0 Å². The Morgan fingerprint density at radius 3 is 2.85 bits per heavy atom. The lowest BCUT2D eigenvalue weighted by molar-refractivity contribution is 0.0518. The first-order valence-electron chi connectivity index (χ1n) is 6.33. The molecule has 0 aromatic carbocycles. The van der Waals surface area contributed by atoms with E-state index < -0.39 is 5.60 Å². The fourth-order valence-corrected chi connectivity index (χ4v) is 1.48. The van der Waals surface area contributed by atoms with Gasteiger partial charge >= 0.3 is 0 Å². The summed E-state index contributed by atoms with van der Waals surface area (Å²) in [6, 6.07) is 3.33. The SMILES string of the molecule is CCC(C)(O)CNC(=O)c1ccc(-n2cncn2)nc1. The average molecular weight is 275 g/mol. The van der Waals surface area contributed by atoms with Crippen molar-refractivity contribution in [3.8, 4) is 5.82 Å². The molecule has 2 aromatic heterocycles. The first-order valence-corrected chi connectivity index (χ1v) is 6.33. The van der Waals surface area contributed by atoms with Crippen LogP contribution in [0.5, 0.6) is 0 Å². The Hall–Kier alpha value is -2.28. The van der Waals surface area contributed by atoms with Crippen molar-refractivity contribution in [2.75, 3.05) is 6.54 Å². The van der Waals surface area contributed by atoms with Crippen LogP contribution in [0.1, 0.15) is 30.6 Å². The number of carbonyl (C=O) groups is 1. The summed E-state index contributed by atoms with van der Waals surface area (Å²) in [6.07, 6.45) is 4.97. The van der Waals surface area contributed by atoms with E-state index >= 15 is 0 Å². The van der Waals surface area contributed by atoms with Crippen LogP contribution in [0.2, 0.25) is 0 Å². The van der Waals surface area contributed by atoms with Crippen LogP contribution in [0, 0.1) is 0 Å². The lowest BCUT2D eigenvalue weighted by Crippen LogP contribution is -2.40. The highest BCUT2D eigenvalue weighted by Gasteiger charge is 2.18. The molecular formula is C13H17N5O2. The zero-order valence-corrected chi connectivity index (χ0v) is 11.4. The van der Waals surface area contributed by atoms with Crippen LogP contribution in [-0.4, -0.2) is 42.9 Å². The summed E-state index contributed by atoms with van der Waals surface area (Å²) < 4.78 is 1.50. The van der Waals surface area contributed by atoms with Gasteiger partial charge in [-0.15, -0.1) is 0 Å². The van der Waals surface area contributed by atoms with Gasteiger partial charge in [0.2, 0.25) is 0 Å². The Morgan fingerprint density at radius 1 is 1.50 bits per heavy atom. The number of aromatic nitrogens is 4. The fraction of sp³-hybridized carbons (Fsp3) is 0.385. The van der Waals surface area contributed by atoms with Crippen molar-refractivity contribution in [3.63, 3.8) is 0 Å². The van der Waals surface area contributed by atoms with Gasteiger partial charge in [0.05, 0.1) is 11.2 Å². The van der Waals surface area contributed by atoms with Gasteiger partial charge in [-0.2, -0.15) is 5.10 Å². The third kappa shape index (κ3) is 3.39. The fourth-order valence-electron chi connectivity index (χ4n) is 1.48. The van der Waals surface area contributed by atoms with E-state index in [0.29, 0.717) is 17.8 Å². The van der Waals surface area contributed by atoms with Crippen molar-refractivity contribution in [2.45, 2.75) is 25.9 Å². The number of hydrogen-bond acceptors (Lipinski definition) is 5. The quantitative estimate of drug-likeness (QED) is 0.831. The number of carbonyl (C=O) groups excluding carboxylic acids is 1. The molecular weight excluding hydrogens is 258 g/mol. The molecule has 0 aliphatic carbocycles. The minimum Gasteiger partial charge on any atom is -0.388 e. The summed E-state index contributed by atoms with van der Waals surface area (Å²) in [6.45, 7) is 3.74. The van der Waals surface area contributed by atoms with E-state index in [-0.39, 0.29) is 12.5 Å². The molecule has 0 aliphatic heterocycles. The molecule has 0 spiro atoms. The molecule has 1 unspecified atom stereocenters. The van der Waals surface area contributed by atoms with Crippen molar-refractivity contribution < 1.29 is 9.90 Å². The molecule has 7 nitrogen and oxygen atoms in total. The molecule has 7 heteroatoms. The lowest BCUT2D eigenvalue weighted by atomic mass is 10.0. The molecule has 0 bridgehead atoms. The molecule has 0 aliphatic rings. The predicted octanol–water partition coefficient (Wildman–Crippen LogP) is 0.553. The summed E-state index contributed by atoms with van der Waals surface area (Å²) in [5.74, 6) is 0.316. The van der Waals surface area contributed by atoms with Crippen LogP contribution in [0.15, 0.2) is 31.0 Å². The largest absolute Gasteiger partial charge is 0.388 e. The minimum atomic E-state index is -0.899. The molecule has 20 heavy (non-hydrogen) atoms. The van der Waals surface area contributed by atoms with Crippen molar-refractivity contribution in [2.24, 2.45) is 0 Å². The highest BCUT2D eigenvalue weighted by atomic mass is 16.3. The zero-order chi connectivity index (χ0) is 14.6. The van der Waals surface area contributed by atoms with Gasteiger partial charge in [-0.25, -0.2) is 14.6 Å². The molecule has 1 amide bonds. The van der Waals surface area contributed by atoms with Gasteiger partial charge < -0.3 is 10.4 Å². The molecule has 0 fully saturated rings. The number of nitrogens with zero attached hydrogens (tertiary/aromatic N) is 4. The van der Waals surface area contributed by atoms with Crippen molar-refractivity contribution in [3.05, 3.63) is 36.5 Å². The van der Waals surface area contributed by atoms with E-state index in [0.717, 1.165) is 0 Å². The number of aliphatic hydroxyl groups is 1. The maximum atomic E-state index is 11.9. The third-order valence-corrected chi connectivity index (χ3v) is 3.05. The Balaban J connectivity index is 2.01. The molecule has 2 rings (SSSR count). The average Bonchev–Trinajstić information content (AvgIpc) is 2.99. The van der Waals surface area contributed by atoms with Gasteiger partial charge in [0.25, 0.3) is 5.91 Å². The maximum Gasteiger partial charge on any atom is 0.252 e.